The van der Waals surface area contributed by atoms with Gasteiger partial charge in [-0.25, -0.2) is 0 Å². The largest absolute Gasteiger partial charge is 0.383 e. The topological polar surface area (TPSA) is 38.8 Å². The Morgan fingerprint density at radius 1 is 1.20 bits per heavy atom. The lowest BCUT2D eigenvalue weighted by Gasteiger charge is -2.22. The normalized spacial score (nSPS) is 10.6. The van der Waals surface area contributed by atoms with Gasteiger partial charge in [-0.05, 0) is 24.1 Å². The fourth-order valence-electron chi connectivity index (χ4n) is 1.87. The zero-order valence-corrected chi connectivity index (χ0v) is 12.9. The van der Waals surface area contributed by atoms with Crippen molar-refractivity contribution in [2.24, 2.45) is 0 Å². The van der Waals surface area contributed by atoms with E-state index in [1.807, 2.05) is 24.3 Å². The van der Waals surface area contributed by atoms with Gasteiger partial charge in [0.1, 0.15) is 0 Å². The second-order valence-electron chi connectivity index (χ2n) is 4.50. The monoisotopic (exact) mass is 299 g/mol. The number of aryl methyl sites for hydroxylation is 1. The predicted molar refractivity (Wildman–Crippen MR) is 80.1 cm³/mol. The molecule has 0 aliphatic heterocycles. The molecule has 1 aromatic carbocycles. The van der Waals surface area contributed by atoms with Gasteiger partial charge in [-0.2, -0.15) is 0 Å². The van der Waals surface area contributed by atoms with Crippen molar-refractivity contribution in [3.05, 3.63) is 34.9 Å². The summed E-state index contributed by atoms with van der Waals surface area (Å²) < 4.78 is 10.1. The average Bonchev–Trinajstić information content (AvgIpc) is 2.45. The van der Waals surface area contributed by atoms with E-state index in [9.17, 15) is 4.79 Å². The Hall–Kier alpha value is -1.10. The number of methoxy groups -OCH3 is 2. The molecule has 5 heteroatoms. The van der Waals surface area contributed by atoms with E-state index >= 15 is 0 Å². The van der Waals surface area contributed by atoms with Crippen molar-refractivity contribution >= 4 is 17.5 Å². The Labute approximate surface area is 125 Å². The molecule has 0 aliphatic rings. The summed E-state index contributed by atoms with van der Waals surface area (Å²) in [5.41, 5.74) is 1.07. The maximum absolute atomic E-state index is 12.2. The predicted octanol–water partition coefficient (Wildman–Crippen LogP) is 2.39. The fourth-order valence-corrected chi connectivity index (χ4v) is 2.08. The number of amides is 1. The van der Waals surface area contributed by atoms with Crippen LogP contribution in [0, 0.1) is 0 Å². The van der Waals surface area contributed by atoms with Crippen LogP contribution in [0.3, 0.4) is 0 Å². The van der Waals surface area contributed by atoms with Gasteiger partial charge >= 0.3 is 0 Å². The van der Waals surface area contributed by atoms with Crippen LogP contribution in [-0.2, 0) is 20.7 Å². The first-order chi connectivity index (χ1) is 9.67. The molecule has 4 nitrogen and oxygen atoms in total. The molecule has 1 aromatic rings. The molecule has 0 heterocycles. The van der Waals surface area contributed by atoms with Crippen LogP contribution in [-0.4, -0.2) is 51.3 Å². The third-order valence-corrected chi connectivity index (χ3v) is 3.24. The van der Waals surface area contributed by atoms with Gasteiger partial charge < -0.3 is 14.4 Å². The summed E-state index contributed by atoms with van der Waals surface area (Å²) in [6.07, 6.45) is 1.16. The molecule has 0 radical (unpaired) electrons. The minimum atomic E-state index is 0.110. The Kier molecular flexibility index (Phi) is 8.26. The van der Waals surface area contributed by atoms with Crippen molar-refractivity contribution in [1.82, 2.24) is 4.90 Å². The van der Waals surface area contributed by atoms with Crippen LogP contribution >= 0.6 is 11.6 Å². The Morgan fingerprint density at radius 3 is 2.40 bits per heavy atom. The van der Waals surface area contributed by atoms with Gasteiger partial charge in [0.15, 0.2) is 0 Å². The lowest BCUT2D eigenvalue weighted by Crippen LogP contribution is -2.36. The van der Waals surface area contributed by atoms with E-state index in [-0.39, 0.29) is 5.91 Å². The number of hydrogen-bond acceptors (Lipinski definition) is 3. The van der Waals surface area contributed by atoms with Crippen molar-refractivity contribution < 1.29 is 14.3 Å². The summed E-state index contributed by atoms with van der Waals surface area (Å²) in [6.45, 7) is 2.25. The number of hydrogen-bond donors (Lipinski definition) is 0. The number of halogens is 1. The van der Waals surface area contributed by atoms with Crippen molar-refractivity contribution in [3.63, 3.8) is 0 Å². The summed E-state index contributed by atoms with van der Waals surface area (Å²) in [4.78, 5) is 14.0. The molecule has 0 aromatic heterocycles. The quantitative estimate of drug-likeness (QED) is 0.703. The summed E-state index contributed by atoms with van der Waals surface area (Å²) in [6, 6.07) is 7.60. The molecule has 0 N–H and O–H groups in total. The second-order valence-corrected chi connectivity index (χ2v) is 4.93. The molecule has 0 aliphatic carbocycles. The molecule has 0 spiro atoms. The van der Waals surface area contributed by atoms with Crippen LogP contribution in [0.1, 0.15) is 12.0 Å². The zero-order valence-electron chi connectivity index (χ0n) is 12.1. The van der Waals surface area contributed by atoms with E-state index in [4.69, 9.17) is 21.1 Å². The lowest BCUT2D eigenvalue weighted by molar-refractivity contribution is -0.132. The smallest absolute Gasteiger partial charge is 0.223 e. The molecule has 0 saturated heterocycles. The number of benzene rings is 1. The van der Waals surface area contributed by atoms with E-state index in [1.54, 1.807) is 19.1 Å². The minimum Gasteiger partial charge on any atom is -0.383 e. The Bertz CT molecular complexity index is 404. The lowest BCUT2D eigenvalue weighted by atomic mass is 10.1. The van der Waals surface area contributed by atoms with Gasteiger partial charge in [-0.1, -0.05) is 23.7 Å². The van der Waals surface area contributed by atoms with Crippen LogP contribution in [0.25, 0.3) is 0 Å². The number of nitrogens with zero attached hydrogens (tertiary/aromatic N) is 1. The van der Waals surface area contributed by atoms with Crippen molar-refractivity contribution in [2.45, 2.75) is 12.8 Å². The molecule has 20 heavy (non-hydrogen) atoms. The highest BCUT2D eigenvalue weighted by Crippen LogP contribution is 2.12. The van der Waals surface area contributed by atoms with Crippen molar-refractivity contribution in [1.29, 1.82) is 0 Å². The molecule has 0 bridgehead atoms. The molecule has 0 atom stereocenters. The molecule has 0 fully saturated rings. The average molecular weight is 300 g/mol. The number of carbonyl (C=O) groups excluding carboxylic acids is 1. The first-order valence-corrected chi connectivity index (χ1v) is 7.05. The van der Waals surface area contributed by atoms with Gasteiger partial charge in [0.05, 0.1) is 13.2 Å². The van der Waals surface area contributed by atoms with Crippen LogP contribution in [0.5, 0.6) is 0 Å². The third-order valence-electron chi connectivity index (χ3n) is 3.00. The first kappa shape index (κ1) is 17.0. The van der Waals surface area contributed by atoms with Gasteiger partial charge in [0, 0.05) is 38.8 Å². The van der Waals surface area contributed by atoms with Crippen molar-refractivity contribution in [2.75, 3.05) is 40.5 Å². The summed E-state index contributed by atoms with van der Waals surface area (Å²) in [5, 5.41) is 0.700. The van der Waals surface area contributed by atoms with Crippen LogP contribution < -0.4 is 0 Å². The van der Waals surface area contributed by atoms with E-state index in [0.717, 1.165) is 5.56 Å². The molecule has 112 valence electrons. The SMILES string of the molecule is COCCN(CCOC)C(=O)CCc1cccc(Cl)c1. The van der Waals surface area contributed by atoms with Gasteiger partial charge in [-0.15, -0.1) is 0 Å². The van der Waals surface area contributed by atoms with E-state index in [0.29, 0.717) is 44.2 Å². The van der Waals surface area contributed by atoms with Crippen molar-refractivity contribution in [3.8, 4) is 0 Å². The van der Waals surface area contributed by atoms with Crippen LogP contribution in [0.4, 0.5) is 0 Å². The second kappa shape index (κ2) is 9.75. The number of carbonyl (C=O) groups is 1. The van der Waals surface area contributed by atoms with Gasteiger partial charge in [-0.3, -0.25) is 4.79 Å². The van der Waals surface area contributed by atoms with Gasteiger partial charge in [0.25, 0.3) is 0 Å². The Morgan fingerprint density at radius 2 is 1.85 bits per heavy atom. The molecule has 1 amide bonds. The van der Waals surface area contributed by atoms with E-state index in [1.165, 1.54) is 0 Å². The number of ether oxygens (including phenoxy) is 2. The Balaban J connectivity index is 2.47. The van der Waals surface area contributed by atoms with E-state index in [2.05, 4.69) is 0 Å². The molecule has 1 rings (SSSR count). The molecular weight excluding hydrogens is 278 g/mol. The standard InChI is InChI=1S/C15H22ClNO3/c1-19-10-8-17(9-11-20-2)15(18)7-6-13-4-3-5-14(16)12-13/h3-5,12H,6-11H2,1-2H3. The molecular formula is C15H22ClNO3. The summed E-state index contributed by atoms with van der Waals surface area (Å²) in [7, 11) is 3.26. The highest BCUT2D eigenvalue weighted by molar-refractivity contribution is 6.30. The van der Waals surface area contributed by atoms with Crippen LogP contribution in [0.15, 0.2) is 24.3 Å². The highest BCUT2D eigenvalue weighted by Gasteiger charge is 2.12. The molecule has 0 unspecified atom stereocenters. The fraction of sp³-hybridized carbons (Fsp3) is 0.533. The zero-order chi connectivity index (χ0) is 14.8. The van der Waals surface area contributed by atoms with Gasteiger partial charge in [0.2, 0.25) is 5.91 Å². The summed E-state index contributed by atoms with van der Waals surface area (Å²) >= 11 is 5.93. The highest BCUT2D eigenvalue weighted by atomic mass is 35.5. The first-order valence-electron chi connectivity index (χ1n) is 6.67. The maximum Gasteiger partial charge on any atom is 0.223 e. The van der Waals surface area contributed by atoms with Crippen LogP contribution in [0.2, 0.25) is 5.02 Å². The minimum absolute atomic E-state index is 0.110. The molecule has 0 saturated carbocycles. The number of rotatable bonds is 9. The third kappa shape index (κ3) is 6.37. The van der Waals surface area contributed by atoms with E-state index < -0.39 is 0 Å². The summed E-state index contributed by atoms with van der Waals surface area (Å²) in [5.74, 6) is 0.110. The maximum atomic E-state index is 12.2.